The van der Waals surface area contributed by atoms with E-state index in [1.807, 2.05) is 0 Å². The standard InChI is InChI=1S/C24H28N2O8/c1-19(27)33-25(23(29)21-13-7-5-8-14-21)31-17-11-3-4-12-18-32-26(34-20(2)28)24(30)22-15-9-6-10-16-22/h5-10,13-16H,3-4,11-12,17-18H2,1-2H3. The number of unbranched alkanes of at least 4 members (excludes halogenated alkanes) is 3. The molecule has 0 aliphatic heterocycles. The fourth-order valence-corrected chi connectivity index (χ4v) is 2.71. The van der Waals surface area contributed by atoms with Gasteiger partial charge in [-0.3, -0.25) is 9.59 Å². The molecule has 0 aromatic heterocycles. The molecule has 0 aliphatic carbocycles. The zero-order chi connectivity index (χ0) is 24.8. The molecule has 0 heterocycles. The molecule has 0 N–H and O–H groups in total. The molecule has 2 aromatic rings. The van der Waals surface area contributed by atoms with Crippen LogP contribution in [0.2, 0.25) is 0 Å². The smallest absolute Gasteiger partial charge is 0.312 e. The van der Waals surface area contributed by atoms with E-state index in [0.29, 0.717) is 34.4 Å². The molecular formula is C24H28N2O8. The molecule has 0 fully saturated rings. The van der Waals surface area contributed by atoms with E-state index in [2.05, 4.69) is 0 Å². The minimum Gasteiger partial charge on any atom is -0.312 e. The van der Waals surface area contributed by atoms with Crippen LogP contribution in [0.3, 0.4) is 0 Å². The zero-order valence-electron chi connectivity index (χ0n) is 19.2. The van der Waals surface area contributed by atoms with Gasteiger partial charge in [-0.15, -0.1) is 0 Å². The summed E-state index contributed by atoms with van der Waals surface area (Å²) < 4.78 is 0. The van der Waals surface area contributed by atoms with Gasteiger partial charge >= 0.3 is 23.8 Å². The molecule has 0 saturated carbocycles. The van der Waals surface area contributed by atoms with Gasteiger partial charge in [0.05, 0.1) is 13.2 Å². The first-order valence-corrected chi connectivity index (χ1v) is 10.8. The fourth-order valence-electron chi connectivity index (χ4n) is 2.71. The Labute approximate surface area is 197 Å². The van der Waals surface area contributed by atoms with Crippen LogP contribution < -0.4 is 0 Å². The third-order valence-electron chi connectivity index (χ3n) is 4.25. The van der Waals surface area contributed by atoms with Crippen LogP contribution in [0.1, 0.15) is 60.2 Å². The molecule has 34 heavy (non-hydrogen) atoms. The largest absolute Gasteiger partial charge is 0.332 e. The van der Waals surface area contributed by atoms with Crippen molar-refractivity contribution in [1.29, 1.82) is 0 Å². The predicted molar refractivity (Wildman–Crippen MR) is 119 cm³/mol. The van der Waals surface area contributed by atoms with Gasteiger partial charge in [0.15, 0.2) is 0 Å². The van der Waals surface area contributed by atoms with Gasteiger partial charge in [0.2, 0.25) is 0 Å². The Balaban J connectivity index is 1.70. The summed E-state index contributed by atoms with van der Waals surface area (Å²) in [6.07, 6.45) is 2.60. The highest BCUT2D eigenvalue weighted by Gasteiger charge is 2.21. The lowest BCUT2D eigenvalue weighted by atomic mass is 10.2. The van der Waals surface area contributed by atoms with Crippen LogP contribution in [0.25, 0.3) is 0 Å². The van der Waals surface area contributed by atoms with E-state index in [0.717, 1.165) is 12.8 Å². The molecule has 0 spiro atoms. The fraction of sp³-hybridized carbons (Fsp3) is 0.333. The van der Waals surface area contributed by atoms with Gasteiger partial charge in [-0.1, -0.05) is 49.2 Å². The van der Waals surface area contributed by atoms with Crippen molar-refractivity contribution in [3.63, 3.8) is 0 Å². The van der Waals surface area contributed by atoms with Crippen LogP contribution >= 0.6 is 0 Å². The van der Waals surface area contributed by atoms with E-state index in [9.17, 15) is 19.2 Å². The summed E-state index contributed by atoms with van der Waals surface area (Å²) in [5.74, 6) is -2.52. The van der Waals surface area contributed by atoms with Crippen molar-refractivity contribution in [1.82, 2.24) is 10.5 Å². The lowest BCUT2D eigenvalue weighted by Gasteiger charge is -2.19. The van der Waals surface area contributed by atoms with E-state index in [-0.39, 0.29) is 13.2 Å². The minimum atomic E-state index is -0.677. The van der Waals surface area contributed by atoms with E-state index in [4.69, 9.17) is 19.4 Å². The molecule has 0 bridgehead atoms. The SMILES string of the molecule is CC(=O)ON(OCCCCCCON(OC(C)=O)C(=O)c1ccccc1)C(=O)c1ccccc1. The molecule has 10 heteroatoms. The maximum absolute atomic E-state index is 12.4. The summed E-state index contributed by atoms with van der Waals surface area (Å²) in [6, 6.07) is 16.6. The Kier molecular flexibility index (Phi) is 11.2. The zero-order valence-corrected chi connectivity index (χ0v) is 19.2. The second-order valence-corrected chi connectivity index (χ2v) is 7.10. The van der Waals surface area contributed by atoms with Crippen LogP contribution in [0.15, 0.2) is 60.7 Å². The van der Waals surface area contributed by atoms with Gasteiger partial charge in [0.1, 0.15) is 0 Å². The Morgan fingerprint density at radius 1 is 0.588 bits per heavy atom. The molecule has 0 aliphatic rings. The predicted octanol–water partition coefficient (Wildman–Crippen LogP) is 3.65. The highest BCUT2D eigenvalue weighted by Crippen LogP contribution is 2.10. The average molecular weight is 472 g/mol. The number of carbonyl (C=O) groups is 4. The Bertz CT molecular complexity index is 859. The number of amides is 2. The van der Waals surface area contributed by atoms with E-state index >= 15 is 0 Å². The highest BCUT2D eigenvalue weighted by atomic mass is 17.0. The van der Waals surface area contributed by atoms with Crippen molar-refractivity contribution in [2.75, 3.05) is 13.2 Å². The topological polar surface area (TPSA) is 112 Å². The maximum Gasteiger partial charge on any atom is 0.332 e. The van der Waals surface area contributed by atoms with Crippen LogP contribution in [0.5, 0.6) is 0 Å². The highest BCUT2D eigenvalue weighted by molar-refractivity contribution is 5.94. The average Bonchev–Trinajstić information content (AvgIpc) is 2.83. The Morgan fingerprint density at radius 2 is 0.941 bits per heavy atom. The summed E-state index contributed by atoms with van der Waals surface area (Å²) in [5, 5.41) is 1.18. The first-order chi connectivity index (χ1) is 16.4. The van der Waals surface area contributed by atoms with Crippen molar-refractivity contribution < 1.29 is 38.5 Å². The second-order valence-electron chi connectivity index (χ2n) is 7.10. The maximum atomic E-state index is 12.4. The minimum absolute atomic E-state index is 0.152. The van der Waals surface area contributed by atoms with E-state index in [1.165, 1.54) is 13.8 Å². The van der Waals surface area contributed by atoms with Crippen LogP contribution in [-0.4, -0.2) is 47.4 Å². The summed E-state index contributed by atoms with van der Waals surface area (Å²) in [4.78, 5) is 67.8. The normalized spacial score (nSPS) is 10.3. The monoisotopic (exact) mass is 472 g/mol. The molecular weight excluding hydrogens is 444 g/mol. The molecule has 2 aromatic carbocycles. The van der Waals surface area contributed by atoms with Gasteiger partial charge in [0, 0.05) is 25.0 Å². The van der Waals surface area contributed by atoms with Crippen molar-refractivity contribution in [2.24, 2.45) is 0 Å². The van der Waals surface area contributed by atoms with Crippen LogP contribution in [0.4, 0.5) is 0 Å². The van der Waals surface area contributed by atoms with Crippen LogP contribution in [0, 0.1) is 0 Å². The number of rotatable bonds is 11. The molecule has 10 nitrogen and oxygen atoms in total. The van der Waals surface area contributed by atoms with Crippen molar-refractivity contribution in [3.05, 3.63) is 71.8 Å². The first-order valence-electron chi connectivity index (χ1n) is 10.8. The summed E-state index contributed by atoms with van der Waals surface area (Å²) in [5.41, 5.74) is 0.645. The van der Waals surface area contributed by atoms with Gasteiger partial charge in [-0.05, 0) is 47.6 Å². The molecule has 0 atom stereocenters. The molecule has 2 amide bonds. The summed E-state index contributed by atoms with van der Waals surface area (Å²) >= 11 is 0. The van der Waals surface area contributed by atoms with Gasteiger partial charge in [-0.25, -0.2) is 19.3 Å². The number of hydrogen-bond donors (Lipinski definition) is 0. The lowest BCUT2D eigenvalue weighted by molar-refractivity contribution is -0.308. The third kappa shape index (κ3) is 9.39. The Hall–Kier alpha value is -3.76. The molecule has 182 valence electrons. The van der Waals surface area contributed by atoms with Crippen molar-refractivity contribution in [2.45, 2.75) is 39.5 Å². The van der Waals surface area contributed by atoms with Gasteiger partial charge in [-0.2, -0.15) is 0 Å². The lowest BCUT2D eigenvalue weighted by Crippen LogP contribution is -2.33. The number of carbonyl (C=O) groups excluding carboxylic acids is 4. The van der Waals surface area contributed by atoms with E-state index in [1.54, 1.807) is 60.7 Å². The van der Waals surface area contributed by atoms with Crippen molar-refractivity contribution >= 4 is 23.8 Å². The molecule has 0 unspecified atom stereocenters. The summed E-state index contributed by atoms with van der Waals surface area (Å²) in [6.45, 7) is 2.66. The van der Waals surface area contributed by atoms with Gasteiger partial charge in [0.25, 0.3) is 0 Å². The molecule has 2 rings (SSSR count). The second kappa shape index (κ2) is 14.4. The number of hydroxylamine groups is 4. The Morgan fingerprint density at radius 3 is 1.26 bits per heavy atom. The number of hydrogen-bond acceptors (Lipinski definition) is 8. The molecule has 0 saturated heterocycles. The first kappa shape index (κ1) is 26.5. The summed E-state index contributed by atoms with van der Waals surface area (Å²) in [7, 11) is 0. The number of benzene rings is 2. The van der Waals surface area contributed by atoms with Crippen LogP contribution in [-0.2, 0) is 28.9 Å². The van der Waals surface area contributed by atoms with Gasteiger partial charge < -0.3 is 9.68 Å². The molecule has 0 radical (unpaired) electrons. The third-order valence-corrected chi connectivity index (χ3v) is 4.25. The van der Waals surface area contributed by atoms with E-state index < -0.39 is 23.8 Å². The van der Waals surface area contributed by atoms with Crippen molar-refractivity contribution in [3.8, 4) is 0 Å². The quantitative estimate of drug-likeness (QED) is 0.360. The number of nitrogens with zero attached hydrogens (tertiary/aromatic N) is 2.